The molecular formula is C20H24BrN3O2. The molecule has 2 heterocycles. The molecule has 1 aromatic heterocycles. The molecule has 0 saturated carbocycles. The minimum Gasteiger partial charge on any atom is -0.508 e. The van der Waals surface area contributed by atoms with Gasteiger partial charge in [0.1, 0.15) is 11.6 Å². The number of carbonyl (C=O) groups excluding carboxylic acids is 1. The Bertz CT molecular complexity index is 784. The van der Waals surface area contributed by atoms with Crippen LogP contribution in [0.1, 0.15) is 29.5 Å². The number of anilines is 1. The number of likely N-dealkylation sites (tertiary alicyclic amines) is 1. The second-order valence-corrected chi connectivity index (χ2v) is 7.88. The van der Waals surface area contributed by atoms with Crippen LogP contribution in [0.4, 0.5) is 5.82 Å². The van der Waals surface area contributed by atoms with Crippen molar-refractivity contribution in [3.63, 3.8) is 0 Å². The van der Waals surface area contributed by atoms with Crippen LogP contribution in [-0.2, 0) is 11.3 Å². The van der Waals surface area contributed by atoms with E-state index >= 15 is 0 Å². The molecule has 0 atom stereocenters. The van der Waals surface area contributed by atoms with Gasteiger partial charge in [0.25, 0.3) is 0 Å². The Labute approximate surface area is 162 Å². The van der Waals surface area contributed by atoms with Crippen LogP contribution in [0.3, 0.4) is 0 Å². The van der Waals surface area contributed by atoms with Crippen molar-refractivity contribution in [2.24, 2.45) is 5.92 Å². The van der Waals surface area contributed by atoms with Gasteiger partial charge in [-0.1, -0.05) is 6.07 Å². The number of carbonyl (C=O) groups is 1. The lowest BCUT2D eigenvalue weighted by molar-refractivity contribution is -0.121. The standard InChI is InChI=1S/C20H24BrN3O2/c1-13-9-16(18(25)10-14(13)2)12-24-7-5-15(6-8-24)20(26)23-19-4-3-17(21)11-22-19/h3-4,9-11,15,25H,5-8,12H2,1-2H3,(H,22,23,26). The van der Waals surface area contributed by atoms with Gasteiger partial charge in [-0.3, -0.25) is 9.69 Å². The number of hydrogen-bond acceptors (Lipinski definition) is 4. The molecule has 0 aliphatic carbocycles. The van der Waals surface area contributed by atoms with Crippen molar-refractivity contribution in [1.82, 2.24) is 9.88 Å². The molecule has 1 aliphatic rings. The smallest absolute Gasteiger partial charge is 0.228 e. The van der Waals surface area contributed by atoms with Crippen molar-refractivity contribution < 1.29 is 9.90 Å². The average Bonchev–Trinajstić information content (AvgIpc) is 2.62. The minimum absolute atomic E-state index is 0.00467. The van der Waals surface area contributed by atoms with Gasteiger partial charge in [-0.05, 0) is 85.0 Å². The average molecular weight is 418 g/mol. The zero-order chi connectivity index (χ0) is 18.7. The summed E-state index contributed by atoms with van der Waals surface area (Å²) in [5, 5.41) is 13.1. The van der Waals surface area contributed by atoms with E-state index in [1.165, 1.54) is 5.56 Å². The zero-order valence-corrected chi connectivity index (χ0v) is 16.7. The number of amides is 1. The molecule has 1 fully saturated rings. The van der Waals surface area contributed by atoms with E-state index in [-0.39, 0.29) is 11.8 Å². The first-order chi connectivity index (χ1) is 12.4. The summed E-state index contributed by atoms with van der Waals surface area (Å²) >= 11 is 3.34. The molecule has 3 rings (SSSR count). The van der Waals surface area contributed by atoms with Crippen molar-refractivity contribution in [2.45, 2.75) is 33.2 Å². The summed E-state index contributed by atoms with van der Waals surface area (Å²) < 4.78 is 0.887. The SMILES string of the molecule is Cc1cc(O)c(CN2CCC(C(=O)Nc3ccc(Br)cn3)CC2)cc1C. The van der Waals surface area contributed by atoms with E-state index in [1.54, 1.807) is 12.3 Å². The van der Waals surface area contributed by atoms with Crippen LogP contribution >= 0.6 is 15.9 Å². The van der Waals surface area contributed by atoms with E-state index in [4.69, 9.17) is 0 Å². The lowest BCUT2D eigenvalue weighted by Gasteiger charge is -2.31. The predicted molar refractivity (Wildman–Crippen MR) is 106 cm³/mol. The molecule has 1 aliphatic heterocycles. The molecule has 2 aromatic rings. The molecule has 1 amide bonds. The highest BCUT2D eigenvalue weighted by Gasteiger charge is 2.25. The lowest BCUT2D eigenvalue weighted by atomic mass is 9.95. The number of nitrogens with zero attached hydrogens (tertiary/aromatic N) is 2. The van der Waals surface area contributed by atoms with Crippen LogP contribution in [0.5, 0.6) is 5.75 Å². The van der Waals surface area contributed by atoms with Crippen molar-refractivity contribution in [2.75, 3.05) is 18.4 Å². The fraction of sp³-hybridized carbons (Fsp3) is 0.400. The predicted octanol–water partition coefficient (Wildman–Crippen LogP) is 4.02. The van der Waals surface area contributed by atoms with Crippen LogP contribution in [0.2, 0.25) is 0 Å². The van der Waals surface area contributed by atoms with Crippen molar-refractivity contribution in [3.8, 4) is 5.75 Å². The normalized spacial score (nSPS) is 15.8. The van der Waals surface area contributed by atoms with Gasteiger partial charge in [-0.15, -0.1) is 0 Å². The van der Waals surface area contributed by atoms with Gasteiger partial charge >= 0.3 is 0 Å². The number of piperidine rings is 1. The third kappa shape index (κ3) is 4.62. The highest BCUT2D eigenvalue weighted by Crippen LogP contribution is 2.26. The van der Waals surface area contributed by atoms with Crippen LogP contribution in [0, 0.1) is 19.8 Å². The number of hydrogen-bond donors (Lipinski definition) is 2. The molecule has 1 aromatic carbocycles. The van der Waals surface area contributed by atoms with E-state index in [9.17, 15) is 9.90 Å². The summed E-state index contributed by atoms with van der Waals surface area (Å²) in [6.45, 7) is 6.47. The van der Waals surface area contributed by atoms with Gasteiger partial charge in [0, 0.05) is 28.7 Å². The molecule has 2 N–H and O–H groups in total. The highest BCUT2D eigenvalue weighted by molar-refractivity contribution is 9.10. The Balaban J connectivity index is 1.53. The number of halogens is 1. The van der Waals surface area contributed by atoms with E-state index in [2.05, 4.69) is 44.1 Å². The molecule has 0 radical (unpaired) electrons. The number of aromatic nitrogens is 1. The molecule has 138 valence electrons. The number of phenolic OH excluding ortho intramolecular Hbond substituents is 1. The monoisotopic (exact) mass is 417 g/mol. The van der Waals surface area contributed by atoms with Crippen LogP contribution in [-0.4, -0.2) is 34.0 Å². The number of phenols is 1. The first kappa shape index (κ1) is 18.9. The Hall–Kier alpha value is -1.92. The largest absolute Gasteiger partial charge is 0.508 e. The number of nitrogens with one attached hydrogen (secondary N) is 1. The number of pyridine rings is 1. The fourth-order valence-electron chi connectivity index (χ4n) is 3.26. The van der Waals surface area contributed by atoms with Gasteiger partial charge < -0.3 is 10.4 Å². The molecule has 6 heteroatoms. The zero-order valence-electron chi connectivity index (χ0n) is 15.1. The molecule has 1 saturated heterocycles. The topological polar surface area (TPSA) is 65.5 Å². The number of aryl methyl sites for hydroxylation is 2. The third-order valence-electron chi connectivity index (χ3n) is 5.03. The third-order valence-corrected chi connectivity index (χ3v) is 5.50. The van der Waals surface area contributed by atoms with Crippen LogP contribution in [0.25, 0.3) is 0 Å². The summed E-state index contributed by atoms with van der Waals surface area (Å²) in [6.07, 6.45) is 3.30. The number of rotatable bonds is 4. The summed E-state index contributed by atoms with van der Waals surface area (Å²) in [4.78, 5) is 18.9. The van der Waals surface area contributed by atoms with Gasteiger partial charge in [-0.2, -0.15) is 0 Å². The Morgan fingerprint density at radius 3 is 2.62 bits per heavy atom. The summed E-state index contributed by atoms with van der Waals surface area (Å²) in [5.74, 6) is 0.980. The first-order valence-corrected chi connectivity index (χ1v) is 9.65. The minimum atomic E-state index is 0.00467. The quantitative estimate of drug-likeness (QED) is 0.788. The maximum Gasteiger partial charge on any atom is 0.228 e. The van der Waals surface area contributed by atoms with E-state index in [1.807, 2.05) is 19.1 Å². The summed E-state index contributed by atoms with van der Waals surface area (Å²) in [7, 11) is 0. The van der Waals surface area contributed by atoms with Crippen LogP contribution in [0.15, 0.2) is 34.9 Å². The van der Waals surface area contributed by atoms with Crippen LogP contribution < -0.4 is 5.32 Å². The highest BCUT2D eigenvalue weighted by atomic mass is 79.9. The van der Waals surface area contributed by atoms with Crippen molar-refractivity contribution >= 4 is 27.7 Å². The van der Waals surface area contributed by atoms with E-state index in [0.717, 1.165) is 48.1 Å². The van der Waals surface area contributed by atoms with Gasteiger partial charge in [0.05, 0.1) is 0 Å². The maximum atomic E-state index is 12.4. The molecule has 26 heavy (non-hydrogen) atoms. The fourth-order valence-corrected chi connectivity index (χ4v) is 3.49. The Kier molecular flexibility index (Phi) is 5.94. The summed E-state index contributed by atoms with van der Waals surface area (Å²) in [5.41, 5.74) is 3.24. The second kappa shape index (κ2) is 8.18. The van der Waals surface area contributed by atoms with Gasteiger partial charge in [0.15, 0.2) is 0 Å². The van der Waals surface area contributed by atoms with E-state index in [0.29, 0.717) is 11.6 Å². The van der Waals surface area contributed by atoms with Gasteiger partial charge in [-0.25, -0.2) is 4.98 Å². The number of aromatic hydroxyl groups is 1. The Morgan fingerprint density at radius 1 is 1.27 bits per heavy atom. The molecule has 0 unspecified atom stereocenters. The van der Waals surface area contributed by atoms with Crippen molar-refractivity contribution in [3.05, 3.63) is 51.6 Å². The van der Waals surface area contributed by atoms with E-state index < -0.39 is 0 Å². The molecule has 5 nitrogen and oxygen atoms in total. The molecule has 0 spiro atoms. The first-order valence-electron chi connectivity index (χ1n) is 8.86. The molecule has 0 bridgehead atoms. The Morgan fingerprint density at radius 2 is 1.96 bits per heavy atom. The molecular weight excluding hydrogens is 394 g/mol. The second-order valence-electron chi connectivity index (χ2n) is 6.97. The lowest BCUT2D eigenvalue weighted by Crippen LogP contribution is -2.37. The number of benzene rings is 1. The summed E-state index contributed by atoms with van der Waals surface area (Å²) in [6, 6.07) is 7.54. The van der Waals surface area contributed by atoms with Crippen molar-refractivity contribution in [1.29, 1.82) is 0 Å². The maximum absolute atomic E-state index is 12.4. The van der Waals surface area contributed by atoms with Gasteiger partial charge in [0.2, 0.25) is 5.91 Å².